The van der Waals surface area contributed by atoms with Crippen LogP contribution in [-0.4, -0.2) is 71.2 Å². The van der Waals surface area contributed by atoms with Crippen LogP contribution in [0.15, 0.2) is 23.2 Å². The maximum absolute atomic E-state index is 14.0. The Balaban J connectivity index is 2.63. The van der Waals surface area contributed by atoms with E-state index in [0.717, 1.165) is 23.4 Å². The van der Waals surface area contributed by atoms with E-state index in [1.54, 1.807) is 0 Å². The van der Waals surface area contributed by atoms with Crippen LogP contribution in [0.5, 0.6) is 5.75 Å². The summed E-state index contributed by atoms with van der Waals surface area (Å²) in [4.78, 5) is 25.6. The number of rotatable bonds is 8. The minimum atomic E-state index is -5.49. The second-order valence-corrected chi connectivity index (χ2v) is 8.76. The molecule has 0 radical (unpaired) electrons. The number of amidine groups is 1. The summed E-state index contributed by atoms with van der Waals surface area (Å²) in [6.45, 7) is 3.97. The van der Waals surface area contributed by atoms with E-state index in [2.05, 4.69) is 20.3 Å². The summed E-state index contributed by atoms with van der Waals surface area (Å²) >= 11 is 0. The van der Waals surface area contributed by atoms with Gasteiger partial charge in [-0.3, -0.25) is 15.2 Å². The summed E-state index contributed by atoms with van der Waals surface area (Å²) < 4.78 is 101. The van der Waals surface area contributed by atoms with Crippen molar-refractivity contribution in [2.45, 2.75) is 45.4 Å². The van der Waals surface area contributed by atoms with Gasteiger partial charge >= 0.3 is 18.4 Å². The van der Waals surface area contributed by atoms with Crippen LogP contribution in [0.1, 0.15) is 36.5 Å². The molecule has 0 bridgehead atoms. The Morgan fingerprint density at radius 2 is 1.80 bits per heavy atom. The minimum Gasteiger partial charge on any atom is -0.407 e. The van der Waals surface area contributed by atoms with Crippen LogP contribution in [0, 0.1) is 18.2 Å². The Morgan fingerprint density at radius 3 is 2.30 bits per heavy atom. The molecule has 1 unspecified atom stereocenters. The van der Waals surface area contributed by atoms with Gasteiger partial charge in [-0.15, -0.1) is 0 Å². The lowest BCUT2D eigenvalue weighted by Crippen LogP contribution is -2.40. The van der Waals surface area contributed by atoms with E-state index in [1.165, 1.54) is 39.8 Å². The molecule has 2 aromatic heterocycles. The normalized spacial score (nSPS) is 13.2. The number of aliphatic hydroxyl groups is 1. The van der Waals surface area contributed by atoms with Crippen molar-refractivity contribution in [1.29, 1.82) is 5.41 Å². The Bertz CT molecular complexity index is 1260. The summed E-state index contributed by atoms with van der Waals surface area (Å²) in [7, 11) is 3.06. The second kappa shape index (κ2) is 12.5. The van der Waals surface area contributed by atoms with E-state index in [9.17, 15) is 40.6 Å². The van der Waals surface area contributed by atoms with Gasteiger partial charge in [-0.1, -0.05) is 0 Å². The van der Waals surface area contributed by atoms with Gasteiger partial charge in [0.15, 0.2) is 17.3 Å². The molecular formula is C23H26F7N7O3. The number of nitrogens with one attached hydrogen (secondary N) is 2. The van der Waals surface area contributed by atoms with E-state index in [1.807, 2.05) is 0 Å². The lowest BCUT2D eigenvalue weighted by molar-refractivity contribution is -0.146. The number of aliphatic hydroxyl groups excluding tert-OH is 1. The number of amides is 1. The maximum atomic E-state index is 14.0. The molecule has 17 heteroatoms. The van der Waals surface area contributed by atoms with Crippen molar-refractivity contribution < 1.29 is 45.4 Å². The number of anilines is 1. The van der Waals surface area contributed by atoms with Gasteiger partial charge in [0.05, 0.1) is 18.6 Å². The summed E-state index contributed by atoms with van der Waals surface area (Å²) in [6, 6.07) is 0.835. The van der Waals surface area contributed by atoms with Crippen LogP contribution in [-0.2, 0) is 12.4 Å². The highest BCUT2D eigenvalue weighted by atomic mass is 19.4. The Kier molecular flexibility index (Phi) is 10.1. The van der Waals surface area contributed by atoms with E-state index >= 15 is 0 Å². The van der Waals surface area contributed by atoms with Gasteiger partial charge in [0.2, 0.25) is 0 Å². The first-order valence-electron chi connectivity index (χ1n) is 11.4. The van der Waals surface area contributed by atoms with Crippen LogP contribution < -0.4 is 15.0 Å². The highest BCUT2D eigenvalue weighted by Gasteiger charge is 2.43. The average molecular weight is 581 g/mol. The topological polar surface area (TPSA) is 127 Å². The first-order chi connectivity index (χ1) is 18.3. The lowest BCUT2D eigenvalue weighted by Gasteiger charge is -2.26. The van der Waals surface area contributed by atoms with E-state index in [4.69, 9.17) is 10.1 Å². The molecule has 1 atom stereocenters. The number of alkyl halides is 6. The van der Waals surface area contributed by atoms with Gasteiger partial charge in [0, 0.05) is 6.04 Å². The van der Waals surface area contributed by atoms with Crippen LogP contribution >= 0.6 is 0 Å². The number of aliphatic imine (C=N–C) groups is 1. The van der Waals surface area contributed by atoms with Crippen LogP contribution in [0.3, 0.4) is 0 Å². The number of aryl methyl sites for hydroxylation is 1. The van der Waals surface area contributed by atoms with Crippen LogP contribution in [0.4, 0.5) is 41.3 Å². The molecule has 0 aliphatic rings. The second-order valence-electron chi connectivity index (χ2n) is 8.76. The average Bonchev–Trinajstić information content (AvgIpc) is 2.82. The number of ether oxygens (including phenoxy) is 1. The lowest BCUT2D eigenvalue weighted by atomic mass is 10.1. The van der Waals surface area contributed by atoms with E-state index < -0.39 is 65.1 Å². The van der Waals surface area contributed by atoms with Gasteiger partial charge in [0.25, 0.3) is 0 Å². The molecule has 0 aliphatic carbocycles. The van der Waals surface area contributed by atoms with Crippen molar-refractivity contribution in [3.8, 4) is 5.75 Å². The fraction of sp³-hybridized carbons (Fsp3) is 0.435. The number of hydrogen-bond acceptors (Lipinski definition) is 7. The predicted molar refractivity (Wildman–Crippen MR) is 130 cm³/mol. The molecule has 40 heavy (non-hydrogen) atoms. The number of hydrogen-bond donors (Lipinski definition) is 3. The Hall–Kier alpha value is -3.86. The smallest absolute Gasteiger partial charge is 0.407 e. The van der Waals surface area contributed by atoms with E-state index in [0.29, 0.717) is 0 Å². The molecule has 2 rings (SSSR count). The van der Waals surface area contributed by atoms with Gasteiger partial charge in [-0.05, 0) is 53.1 Å². The summed E-state index contributed by atoms with van der Waals surface area (Å²) in [6.07, 6.45) is -12.7. The molecule has 1 amide bonds. The quantitative estimate of drug-likeness (QED) is 0.185. The number of carbonyl (C=O) groups excluding carboxylic acids is 1. The first kappa shape index (κ1) is 32.4. The number of pyridine rings is 2. The molecule has 10 nitrogen and oxygen atoms in total. The molecule has 0 aromatic carbocycles. The zero-order valence-electron chi connectivity index (χ0n) is 21.8. The predicted octanol–water partition coefficient (Wildman–Crippen LogP) is 4.20. The first-order valence-corrected chi connectivity index (χ1v) is 11.4. The van der Waals surface area contributed by atoms with Crippen molar-refractivity contribution in [2.24, 2.45) is 4.99 Å². The fourth-order valence-corrected chi connectivity index (χ4v) is 3.04. The molecule has 2 aromatic rings. The molecule has 0 fully saturated rings. The largest absolute Gasteiger partial charge is 0.433 e. The summed E-state index contributed by atoms with van der Waals surface area (Å²) in [5.74, 6) is -3.68. The van der Waals surface area contributed by atoms with Crippen LogP contribution in [0.2, 0.25) is 0 Å². The number of aromatic nitrogens is 2. The zero-order valence-corrected chi connectivity index (χ0v) is 21.8. The fourth-order valence-electron chi connectivity index (χ4n) is 3.04. The molecule has 2 heterocycles. The third kappa shape index (κ3) is 8.08. The summed E-state index contributed by atoms with van der Waals surface area (Å²) in [5, 5.41) is 20.2. The maximum Gasteiger partial charge on any atom is 0.433 e. The zero-order chi connectivity index (χ0) is 30.6. The molecule has 3 N–H and O–H groups in total. The SMILES string of the molecule is Cc1nc(N(C(=O)Oc2c(C(F)(F)F)cc(C(F)(F)F)nc2C(=N)/N=C\NCC(O)N(C)C)C(C)C)ccc1F. The molecule has 0 spiro atoms. The standard InChI is InChI=1S/C23H26F7N7O3/c1-11(2)37(16-7-6-14(24)12(3)34-16)21(39)40-19-13(22(25,26)27)8-15(23(28,29)30)35-18(19)20(31)33-10-32-9-17(38)36(4)5/h6-8,10-11,17,38H,9H2,1-5H3,(H2,31,32,33). The molecule has 0 saturated heterocycles. The highest BCUT2D eigenvalue weighted by molar-refractivity contribution is 6.02. The van der Waals surface area contributed by atoms with E-state index in [-0.39, 0.29) is 24.1 Å². The third-order valence-corrected chi connectivity index (χ3v) is 5.13. The van der Waals surface area contributed by atoms with Crippen LogP contribution in [0.25, 0.3) is 0 Å². The summed E-state index contributed by atoms with van der Waals surface area (Å²) in [5.41, 5.74) is -5.54. The number of likely N-dealkylation sites (N-methyl/N-ethyl adjacent to an activating group) is 1. The van der Waals surface area contributed by atoms with Gasteiger partial charge < -0.3 is 15.2 Å². The van der Waals surface area contributed by atoms with Gasteiger partial charge in [-0.2, -0.15) is 26.3 Å². The van der Waals surface area contributed by atoms with Gasteiger partial charge in [-0.25, -0.2) is 24.1 Å². The Morgan fingerprint density at radius 1 is 1.18 bits per heavy atom. The number of carbonyl (C=O) groups is 1. The Labute approximate surface area is 224 Å². The molecular weight excluding hydrogens is 555 g/mol. The molecule has 0 aliphatic heterocycles. The van der Waals surface area contributed by atoms with Crippen molar-refractivity contribution in [3.05, 3.63) is 46.7 Å². The van der Waals surface area contributed by atoms with Crippen molar-refractivity contribution in [3.63, 3.8) is 0 Å². The monoisotopic (exact) mass is 581 g/mol. The van der Waals surface area contributed by atoms with Crippen molar-refractivity contribution in [2.75, 3.05) is 25.5 Å². The minimum absolute atomic E-state index is 0.146. The number of halogens is 7. The van der Waals surface area contributed by atoms with Crippen molar-refractivity contribution >= 4 is 24.1 Å². The van der Waals surface area contributed by atoms with Crippen molar-refractivity contribution in [1.82, 2.24) is 20.2 Å². The molecule has 0 saturated carbocycles. The van der Waals surface area contributed by atoms with Gasteiger partial charge in [0.1, 0.15) is 29.1 Å². The number of nitrogens with zero attached hydrogens (tertiary/aromatic N) is 5. The highest BCUT2D eigenvalue weighted by Crippen LogP contribution is 2.42. The third-order valence-electron chi connectivity index (χ3n) is 5.13. The molecule has 220 valence electrons.